The van der Waals surface area contributed by atoms with Gasteiger partial charge >= 0.3 is 0 Å². The topological polar surface area (TPSA) is 49.3 Å². The molecule has 1 aromatic carbocycles. The molecule has 2 N–H and O–H groups in total. The zero-order valence-corrected chi connectivity index (χ0v) is 11.8. The minimum atomic E-state index is -0.514. The quantitative estimate of drug-likeness (QED) is 0.832. The summed E-state index contributed by atoms with van der Waals surface area (Å²) in [6.07, 6.45) is 1.52. The van der Waals surface area contributed by atoms with E-state index < -0.39 is 11.7 Å². The summed E-state index contributed by atoms with van der Waals surface area (Å²) in [5.74, 6) is -0.947. The lowest BCUT2D eigenvalue weighted by atomic mass is 9.83. The molecule has 4 heteroatoms. The van der Waals surface area contributed by atoms with Crippen LogP contribution < -0.4 is 5.32 Å². The number of carbonyl (C=O) groups is 1. The van der Waals surface area contributed by atoms with Crippen molar-refractivity contribution < 1.29 is 14.3 Å². The molecule has 0 aromatic heterocycles. The van der Waals surface area contributed by atoms with Gasteiger partial charge in [0.25, 0.3) is 5.91 Å². The smallest absolute Gasteiger partial charge is 0.254 e. The fourth-order valence-electron chi connectivity index (χ4n) is 1.95. The Morgan fingerprint density at radius 1 is 1.37 bits per heavy atom. The molecular formula is C15H22FNO2. The molecule has 0 saturated carbocycles. The third-order valence-corrected chi connectivity index (χ3v) is 3.83. The lowest BCUT2D eigenvalue weighted by molar-refractivity contribution is 0.0847. The number of halogens is 1. The molecule has 1 aromatic rings. The van der Waals surface area contributed by atoms with Crippen LogP contribution in [0.25, 0.3) is 0 Å². The first-order chi connectivity index (χ1) is 8.98. The van der Waals surface area contributed by atoms with E-state index >= 15 is 0 Å². The zero-order chi connectivity index (χ0) is 14.5. The van der Waals surface area contributed by atoms with Crippen molar-refractivity contribution in [3.8, 4) is 0 Å². The second kappa shape index (κ2) is 6.66. The summed E-state index contributed by atoms with van der Waals surface area (Å²) in [5.41, 5.74) is 0.502. The van der Waals surface area contributed by atoms with Gasteiger partial charge in [0.15, 0.2) is 0 Å². The van der Waals surface area contributed by atoms with Gasteiger partial charge in [-0.15, -0.1) is 0 Å². The zero-order valence-electron chi connectivity index (χ0n) is 11.8. The lowest BCUT2D eigenvalue weighted by Crippen LogP contribution is -2.39. The van der Waals surface area contributed by atoms with E-state index in [4.69, 9.17) is 0 Å². The highest BCUT2D eigenvalue weighted by Gasteiger charge is 2.26. The summed E-state index contributed by atoms with van der Waals surface area (Å²) in [4.78, 5) is 11.9. The highest BCUT2D eigenvalue weighted by molar-refractivity contribution is 5.94. The number of carbonyl (C=O) groups excluding carboxylic acids is 1. The first kappa shape index (κ1) is 15.6. The van der Waals surface area contributed by atoms with E-state index in [-0.39, 0.29) is 17.6 Å². The largest absolute Gasteiger partial charge is 0.396 e. The maximum atomic E-state index is 13.7. The second-order valence-corrected chi connectivity index (χ2v) is 5.03. The number of rotatable bonds is 6. The molecule has 0 unspecified atom stereocenters. The normalized spacial score (nSPS) is 11.4. The van der Waals surface area contributed by atoms with Gasteiger partial charge in [0.05, 0.1) is 12.2 Å². The van der Waals surface area contributed by atoms with Crippen LogP contribution in [0, 0.1) is 18.2 Å². The molecule has 1 rings (SSSR count). The van der Waals surface area contributed by atoms with Gasteiger partial charge in [-0.05, 0) is 37.5 Å². The van der Waals surface area contributed by atoms with Crippen molar-refractivity contribution in [3.05, 3.63) is 35.1 Å². The van der Waals surface area contributed by atoms with Crippen LogP contribution in [-0.4, -0.2) is 24.2 Å². The average Bonchev–Trinajstić information content (AvgIpc) is 2.40. The molecule has 19 heavy (non-hydrogen) atoms. The fourth-order valence-corrected chi connectivity index (χ4v) is 1.95. The summed E-state index contributed by atoms with van der Waals surface area (Å²) >= 11 is 0. The Kier molecular flexibility index (Phi) is 5.48. The van der Waals surface area contributed by atoms with Gasteiger partial charge in [0, 0.05) is 12.0 Å². The van der Waals surface area contributed by atoms with Crippen LogP contribution >= 0.6 is 0 Å². The molecule has 0 saturated heterocycles. The summed E-state index contributed by atoms with van der Waals surface area (Å²) in [7, 11) is 0. The Morgan fingerprint density at radius 2 is 2.00 bits per heavy atom. The van der Waals surface area contributed by atoms with Crippen LogP contribution in [0.2, 0.25) is 0 Å². The van der Waals surface area contributed by atoms with Gasteiger partial charge in [-0.2, -0.15) is 0 Å². The molecule has 0 fully saturated rings. The maximum absolute atomic E-state index is 13.7. The van der Waals surface area contributed by atoms with Crippen LogP contribution in [0.3, 0.4) is 0 Å². The number of hydrogen-bond donors (Lipinski definition) is 2. The minimum Gasteiger partial charge on any atom is -0.396 e. The van der Waals surface area contributed by atoms with Crippen LogP contribution in [0.15, 0.2) is 18.2 Å². The van der Waals surface area contributed by atoms with E-state index in [2.05, 4.69) is 5.32 Å². The monoisotopic (exact) mass is 267 g/mol. The first-order valence-corrected chi connectivity index (χ1v) is 6.63. The Hall–Kier alpha value is -1.42. The van der Waals surface area contributed by atoms with Gasteiger partial charge in [-0.1, -0.05) is 19.9 Å². The molecule has 106 valence electrons. The van der Waals surface area contributed by atoms with E-state index in [0.29, 0.717) is 6.54 Å². The SMILES string of the molecule is CCC(CC)(CO)CNC(=O)c1ccc(C)cc1F. The molecule has 1 amide bonds. The first-order valence-electron chi connectivity index (χ1n) is 6.63. The van der Waals surface area contributed by atoms with Gasteiger partial charge in [-0.25, -0.2) is 4.39 Å². The third kappa shape index (κ3) is 3.77. The molecular weight excluding hydrogens is 245 g/mol. The Morgan fingerprint density at radius 3 is 2.47 bits per heavy atom. The highest BCUT2D eigenvalue weighted by Crippen LogP contribution is 2.24. The molecule has 0 aliphatic rings. The lowest BCUT2D eigenvalue weighted by Gasteiger charge is -2.29. The van der Waals surface area contributed by atoms with Crippen molar-refractivity contribution in [2.75, 3.05) is 13.2 Å². The number of hydrogen-bond acceptors (Lipinski definition) is 2. The standard InChI is InChI=1S/C15H22FNO2/c1-4-15(5-2,10-18)9-17-14(19)12-7-6-11(3)8-13(12)16/h6-8,18H,4-5,9-10H2,1-3H3,(H,17,19). The van der Waals surface area contributed by atoms with E-state index in [0.717, 1.165) is 18.4 Å². The molecule has 0 heterocycles. The summed E-state index contributed by atoms with van der Waals surface area (Å²) in [5, 5.41) is 12.1. The van der Waals surface area contributed by atoms with Gasteiger partial charge < -0.3 is 10.4 Å². The minimum absolute atomic E-state index is 0.0106. The number of amides is 1. The predicted octanol–water partition coefficient (Wildman–Crippen LogP) is 2.66. The van der Waals surface area contributed by atoms with Crippen LogP contribution in [-0.2, 0) is 0 Å². The van der Waals surface area contributed by atoms with Crippen molar-refractivity contribution in [3.63, 3.8) is 0 Å². The van der Waals surface area contributed by atoms with Gasteiger partial charge in [-0.3, -0.25) is 4.79 Å². The molecule has 0 radical (unpaired) electrons. The summed E-state index contributed by atoms with van der Waals surface area (Å²) in [6.45, 7) is 6.08. The fraction of sp³-hybridized carbons (Fsp3) is 0.533. The third-order valence-electron chi connectivity index (χ3n) is 3.83. The number of benzene rings is 1. The molecule has 0 bridgehead atoms. The van der Waals surface area contributed by atoms with Crippen molar-refractivity contribution in [2.45, 2.75) is 33.6 Å². The number of aryl methyl sites for hydroxylation is 1. The Labute approximate surface area is 113 Å². The molecule has 0 aliphatic heterocycles. The molecule has 0 spiro atoms. The van der Waals surface area contributed by atoms with E-state index in [1.54, 1.807) is 13.0 Å². The van der Waals surface area contributed by atoms with Crippen LogP contribution in [0.5, 0.6) is 0 Å². The second-order valence-electron chi connectivity index (χ2n) is 5.03. The van der Waals surface area contributed by atoms with Gasteiger partial charge in [0.1, 0.15) is 5.82 Å². The van der Waals surface area contributed by atoms with Gasteiger partial charge in [0.2, 0.25) is 0 Å². The molecule has 0 atom stereocenters. The van der Waals surface area contributed by atoms with Crippen LogP contribution in [0.4, 0.5) is 4.39 Å². The van der Waals surface area contributed by atoms with Crippen molar-refractivity contribution in [1.82, 2.24) is 5.32 Å². The maximum Gasteiger partial charge on any atom is 0.254 e. The number of nitrogens with one attached hydrogen (secondary N) is 1. The van der Waals surface area contributed by atoms with E-state index in [1.807, 2.05) is 13.8 Å². The van der Waals surface area contributed by atoms with E-state index in [1.165, 1.54) is 12.1 Å². The Bertz CT molecular complexity index is 434. The average molecular weight is 267 g/mol. The van der Waals surface area contributed by atoms with Crippen molar-refractivity contribution in [1.29, 1.82) is 0 Å². The number of aliphatic hydroxyl groups is 1. The summed E-state index contributed by atoms with van der Waals surface area (Å²) in [6, 6.07) is 4.53. The van der Waals surface area contributed by atoms with Crippen molar-refractivity contribution in [2.24, 2.45) is 5.41 Å². The summed E-state index contributed by atoms with van der Waals surface area (Å²) < 4.78 is 13.7. The van der Waals surface area contributed by atoms with Crippen LogP contribution in [0.1, 0.15) is 42.6 Å². The number of aliphatic hydroxyl groups excluding tert-OH is 1. The predicted molar refractivity (Wildman–Crippen MR) is 73.6 cm³/mol. The van der Waals surface area contributed by atoms with Crippen molar-refractivity contribution >= 4 is 5.91 Å². The molecule has 0 aliphatic carbocycles. The Balaban J connectivity index is 2.75. The molecule has 3 nitrogen and oxygen atoms in total. The highest BCUT2D eigenvalue weighted by atomic mass is 19.1. The van der Waals surface area contributed by atoms with E-state index in [9.17, 15) is 14.3 Å².